The third-order valence-corrected chi connectivity index (χ3v) is 4.40. The number of nitrogens with one attached hydrogen (secondary N) is 1. The quantitative estimate of drug-likeness (QED) is 0.633. The molecule has 0 saturated heterocycles. The lowest BCUT2D eigenvalue weighted by Gasteiger charge is -2.20. The standard InChI is InChI=1S/C22H25F2N3/c1-21(2,3)11-18-14-26-20(27-18)12-22(4,24)16-7-5-15(6-8-16)19-10-9-17(23)13-25-19/h5-10,13-14H,11-12H2,1-4H3,(H,26,27). The molecule has 0 radical (unpaired) electrons. The normalized spacial score (nSPS) is 14.1. The second-order valence-electron chi connectivity index (χ2n) is 8.39. The Morgan fingerprint density at radius 2 is 1.67 bits per heavy atom. The predicted molar refractivity (Wildman–Crippen MR) is 104 cm³/mol. The van der Waals surface area contributed by atoms with Crippen molar-refractivity contribution in [1.82, 2.24) is 15.0 Å². The Labute approximate surface area is 158 Å². The van der Waals surface area contributed by atoms with E-state index in [2.05, 4.69) is 35.7 Å². The molecule has 0 fully saturated rings. The zero-order valence-corrected chi connectivity index (χ0v) is 16.2. The third-order valence-electron chi connectivity index (χ3n) is 4.40. The van der Waals surface area contributed by atoms with Gasteiger partial charge in [-0.15, -0.1) is 0 Å². The molecule has 1 unspecified atom stereocenters. The van der Waals surface area contributed by atoms with Crippen LogP contribution in [0.2, 0.25) is 0 Å². The maximum Gasteiger partial charge on any atom is 0.141 e. The van der Waals surface area contributed by atoms with Crippen molar-refractivity contribution in [3.63, 3.8) is 0 Å². The molecule has 3 aromatic rings. The zero-order valence-electron chi connectivity index (χ0n) is 16.2. The van der Waals surface area contributed by atoms with Gasteiger partial charge in [0, 0.05) is 18.2 Å². The van der Waals surface area contributed by atoms with Gasteiger partial charge in [0.2, 0.25) is 0 Å². The maximum atomic E-state index is 15.3. The van der Waals surface area contributed by atoms with Crippen LogP contribution in [0.4, 0.5) is 8.78 Å². The van der Waals surface area contributed by atoms with Crippen molar-refractivity contribution in [3.8, 4) is 11.3 Å². The highest BCUT2D eigenvalue weighted by Gasteiger charge is 2.28. The Kier molecular flexibility index (Phi) is 5.13. The first-order chi connectivity index (χ1) is 12.6. The average Bonchev–Trinajstić information content (AvgIpc) is 3.00. The molecular formula is C22H25F2N3. The number of imidazole rings is 1. The van der Waals surface area contributed by atoms with Crippen molar-refractivity contribution in [1.29, 1.82) is 0 Å². The fourth-order valence-corrected chi connectivity index (χ4v) is 3.08. The van der Waals surface area contributed by atoms with Gasteiger partial charge in [0.25, 0.3) is 0 Å². The number of benzene rings is 1. The molecular weight excluding hydrogens is 344 g/mol. The highest BCUT2D eigenvalue weighted by atomic mass is 19.1. The summed E-state index contributed by atoms with van der Waals surface area (Å²) in [5, 5.41) is 0. The third kappa shape index (κ3) is 5.00. The van der Waals surface area contributed by atoms with E-state index >= 15 is 4.39 Å². The number of aromatic nitrogens is 3. The first-order valence-corrected chi connectivity index (χ1v) is 9.07. The molecule has 2 aromatic heterocycles. The van der Waals surface area contributed by atoms with Crippen LogP contribution in [0.25, 0.3) is 11.3 Å². The van der Waals surface area contributed by atoms with Crippen LogP contribution in [0, 0.1) is 11.2 Å². The number of rotatable bonds is 5. The lowest BCUT2D eigenvalue weighted by molar-refractivity contribution is 0.188. The van der Waals surface area contributed by atoms with Crippen LogP contribution >= 0.6 is 0 Å². The van der Waals surface area contributed by atoms with E-state index in [0.717, 1.165) is 17.7 Å². The van der Waals surface area contributed by atoms with Crippen LogP contribution in [-0.2, 0) is 18.5 Å². The van der Waals surface area contributed by atoms with Crippen LogP contribution in [0.15, 0.2) is 48.8 Å². The molecule has 0 aliphatic heterocycles. The van der Waals surface area contributed by atoms with Crippen LogP contribution in [0.1, 0.15) is 44.8 Å². The minimum Gasteiger partial charge on any atom is -0.348 e. The second-order valence-corrected chi connectivity index (χ2v) is 8.39. The molecule has 1 N–H and O–H groups in total. The summed E-state index contributed by atoms with van der Waals surface area (Å²) in [5.41, 5.74) is 1.58. The summed E-state index contributed by atoms with van der Waals surface area (Å²) < 4.78 is 28.3. The van der Waals surface area contributed by atoms with E-state index < -0.39 is 5.67 Å². The zero-order chi connectivity index (χ0) is 19.7. The number of alkyl halides is 1. The fraction of sp³-hybridized carbons (Fsp3) is 0.364. The van der Waals surface area contributed by atoms with Crippen molar-refractivity contribution in [3.05, 3.63) is 71.7 Å². The van der Waals surface area contributed by atoms with Crippen molar-refractivity contribution >= 4 is 0 Å². The summed E-state index contributed by atoms with van der Waals surface area (Å²) in [6.45, 7) is 8.01. The first kappa shape index (κ1) is 19.2. The molecule has 5 heteroatoms. The Bertz CT molecular complexity index is 889. The van der Waals surface area contributed by atoms with Gasteiger partial charge in [-0.1, -0.05) is 45.0 Å². The summed E-state index contributed by atoms with van der Waals surface area (Å²) in [5.74, 6) is 0.263. The number of halogens is 2. The van der Waals surface area contributed by atoms with Gasteiger partial charge < -0.3 is 4.98 Å². The van der Waals surface area contributed by atoms with E-state index in [4.69, 9.17) is 0 Å². The minimum atomic E-state index is -1.55. The largest absolute Gasteiger partial charge is 0.348 e. The monoisotopic (exact) mass is 369 g/mol. The van der Waals surface area contributed by atoms with Gasteiger partial charge in [0.05, 0.1) is 17.6 Å². The fourth-order valence-electron chi connectivity index (χ4n) is 3.08. The first-order valence-electron chi connectivity index (χ1n) is 9.07. The van der Waals surface area contributed by atoms with Gasteiger partial charge in [0.1, 0.15) is 17.3 Å². The van der Waals surface area contributed by atoms with Crippen LogP contribution in [-0.4, -0.2) is 15.0 Å². The van der Waals surface area contributed by atoms with Crippen LogP contribution in [0.3, 0.4) is 0 Å². The lowest BCUT2D eigenvalue weighted by Crippen LogP contribution is -2.19. The Morgan fingerprint density at radius 3 is 2.26 bits per heavy atom. The van der Waals surface area contributed by atoms with Crippen molar-refractivity contribution in [2.75, 3.05) is 0 Å². The lowest BCUT2D eigenvalue weighted by atomic mass is 9.91. The van der Waals surface area contributed by atoms with Crippen molar-refractivity contribution < 1.29 is 8.78 Å². The second kappa shape index (κ2) is 7.22. The van der Waals surface area contributed by atoms with E-state index in [0.29, 0.717) is 17.1 Å². The maximum absolute atomic E-state index is 15.3. The molecule has 2 heterocycles. The van der Waals surface area contributed by atoms with E-state index in [1.165, 1.54) is 12.3 Å². The molecule has 27 heavy (non-hydrogen) atoms. The highest BCUT2D eigenvalue weighted by molar-refractivity contribution is 5.59. The molecule has 1 aromatic carbocycles. The molecule has 0 saturated carbocycles. The smallest absolute Gasteiger partial charge is 0.141 e. The molecule has 0 spiro atoms. The average molecular weight is 369 g/mol. The molecule has 3 nitrogen and oxygen atoms in total. The Morgan fingerprint density at radius 1 is 0.963 bits per heavy atom. The van der Waals surface area contributed by atoms with Crippen molar-refractivity contribution in [2.45, 2.75) is 46.2 Å². The van der Waals surface area contributed by atoms with Gasteiger partial charge in [-0.05, 0) is 36.5 Å². The molecule has 142 valence electrons. The van der Waals surface area contributed by atoms with E-state index in [9.17, 15) is 4.39 Å². The molecule has 3 rings (SSSR count). The number of aromatic amines is 1. The SMILES string of the molecule is CC(C)(C)Cc1c[nH]c(CC(C)(F)c2ccc(-c3ccc(F)cn3)cc2)n1. The molecule has 1 atom stereocenters. The molecule has 0 amide bonds. The Hall–Kier alpha value is -2.56. The predicted octanol–water partition coefficient (Wildman–Crippen LogP) is 5.63. The summed E-state index contributed by atoms with van der Waals surface area (Å²) in [6, 6.07) is 10.1. The van der Waals surface area contributed by atoms with E-state index in [-0.39, 0.29) is 17.7 Å². The number of nitrogens with zero attached hydrogens (tertiary/aromatic N) is 2. The topological polar surface area (TPSA) is 41.6 Å². The summed E-state index contributed by atoms with van der Waals surface area (Å²) in [4.78, 5) is 11.7. The van der Waals surface area contributed by atoms with E-state index in [1.807, 2.05) is 6.20 Å². The van der Waals surface area contributed by atoms with Gasteiger partial charge >= 0.3 is 0 Å². The van der Waals surface area contributed by atoms with E-state index in [1.54, 1.807) is 37.3 Å². The van der Waals surface area contributed by atoms with Crippen molar-refractivity contribution in [2.24, 2.45) is 5.41 Å². The van der Waals surface area contributed by atoms with Gasteiger partial charge in [-0.2, -0.15) is 0 Å². The summed E-state index contributed by atoms with van der Waals surface area (Å²) in [6.07, 6.45) is 4.05. The minimum absolute atomic E-state index is 0.135. The number of hydrogen-bond donors (Lipinski definition) is 1. The summed E-state index contributed by atoms with van der Waals surface area (Å²) in [7, 11) is 0. The number of H-pyrrole nitrogens is 1. The Balaban J connectivity index is 1.74. The van der Waals surface area contributed by atoms with Crippen LogP contribution < -0.4 is 0 Å². The van der Waals surface area contributed by atoms with Gasteiger partial charge in [0.15, 0.2) is 0 Å². The molecule has 0 aliphatic rings. The molecule has 0 aliphatic carbocycles. The van der Waals surface area contributed by atoms with Crippen LogP contribution in [0.5, 0.6) is 0 Å². The summed E-state index contributed by atoms with van der Waals surface area (Å²) >= 11 is 0. The molecule has 0 bridgehead atoms. The number of pyridine rings is 1. The van der Waals surface area contributed by atoms with Gasteiger partial charge in [-0.25, -0.2) is 13.8 Å². The highest BCUT2D eigenvalue weighted by Crippen LogP contribution is 2.31. The number of hydrogen-bond acceptors (Lipinski definition) is 2. The van der Waals surface area contributed by atoms with Gasteiger partial charge in [-0.3, -0.25) is 4.98 Å².